The van der Waals surface area contributed by atoms with Crippen molar-refractivity contribution < 1.29 is 10.2 Å². The molecule has 2 fully saturated rings. The molecule has 0 aromatic heterocycles. The molecule has 3 atom stereocenters. The van der Waals surface area contributed by atoms with Crippen LogP contribution in [-0.2, 0) is 0 Å². The van der Waals surface area contributed by atoms with Gasteiger partial charge in [-0.15, -0.1) is 0 Å². The van der Waals surface area contributed by atoms with Gasteiger partial charge >= 0.3 is 0 Å². The molecule has 13 heavy (non-hydrogen) atoms. The maximum absolute atomic E-state index is 9.14. The molecule has 2 nitrogen and oxygen atoms in total. The monoisotopic (exact) mass is 184 g/mol. The Labute approximate surface area is 80.0 Å². The summed E-state index contributed by atoms with van der Waals surface area (Å²) in [7, 11) is 0. The van der Waals surface area contributed by atoms with E-state index in [0.29, 0.717) is 24.5 Å². The minimum atomic E-state index is 0.328. The van der Waals surface area contributed by atoms with Gasteiger partial charge in [0.2, 0.25) is 0 Å². The van der Waals surface area contributed by atoms with Crippen LogP contribution in [0.2, 0.25) is 0 Å². The highest BCUT2D eigenvalue weighted by Gasteiger charge is 2.48. The van der Waals surface area contributed by atoms with Crippen LogP contribution in [0, 0.1) is 17.3 Å². The summed E-state index contributed by atoms with van der Waals surface area (Å²) >= 11 is 0. The van der Waals surface area contributed by atoms with Crippen LogP contribution >= 0.6 is 0 Å². The van der Waals surface area contributed by atoms with Crippen molar-refractivity contribution in [1.29, 1.82) is 0 Å². The fraction of sp³-hybridized carbons (Fsp3) is 1.00. The van der Waals surface area contributed by atoms with Gasteiger partial charge in [0.25, 0.3) is 0 Å². The molecule has 0 spiro atoms. The highest BCUT2D eigenvalue weighted by molar-refractivity contribution is 4.99. The van der Waals surface area contributed by atoms with Crippen molar-refractivity contribution in [2.24, 2.45) is 17.3 Å². The molecule has 0 aliphatic heterocycles. The van der Waals surface area contributed by atoms with E-state index in [4.69, 9.17) is 10.2 Å². The van der Waals surface area contributed by atoms with Gasteiger partial charge < -0.3 is 10.2 Å². The lowest BCUT2D eigenvalue weighted by Gasteiger charge is -2.28. The average molecular weight is 184 g/mol. The summed E-state index contributed by atoms with van der Waals surface area (Å²) in [5.41, 5.74) is 0.419. The standard InChI is InChI=1S/C11H20O2/c12-5-4-11-3-1-2-10(11)6-9(7-11)8-13/h9-10,12-13H,1-8H2/t9?,10-,11-/m0/s1. The van der Waals surface area contributed by atoms with E-state index >= 15 is 0 Å². The Morgan fingerprint density at radius 2 is 2.15 bits per heavy atom. The molecule has 76 valence electrons. The second kappa shape index (κ2) is 3.58. The van der Waals surface area contributed by atoms with Crippen molar-refractivity contribution in [3.05, 3.63) is 0 Å². The smallest absolute Gasteiger partial charge is 0.0459 e. The van der Waals surface area contributed by atoms with Gasteiger partial charge in [-0.3, -0.25) is 0 Å². The van der Waals surface area contributed by atoms with Crippen LogP contribution in [0.25, 0.3) is 0 Å². The SMILES string of the molecule is OCC[C@]12CCC[C@H]1CC(CO)C2. The van der Waals surface area contributed by atoms with Gasteiger partial charge in [-0.2, -0.15) is 0 Å². The molecule has 2 rings (SSSR count). The molecule has 0 heterocycles. The Morgan fingerprint density at radius 3 is 2.85 bits per heavy atom. The summed E-state index contributed by atoms with van der Waals surface area (Å²) in [5.74, 6) is 1.33. The molecule has 0 radical (unpaired) electrons. The summed E-state index contributed by atoms with van der Waals surface area (Å²) in [4.78, 5) is 0. The molecular weight excluding hydrogens is 164 g/mol. The van der Waals surface area contributed by atoms with E-state index in [2.05, 4.69) is 0 Å². The van der Waals surface area contributed by atoms with Crippen LogP contribution in [0.15, 0.2) is 0 Å². The predicted molar refractivity (Wildman–Crippen MR) is 51.3 cm³/mol. The molecule has 2 N–H and O–H groups in total. The lowest BCUT2D eigenvalue weighted by molar-refractivity contribution is 0.148. The van der Waals surface area contributed by atoms with E-state index in [-0.39, 0.29) is 0 Å². The van der Waals surface area contributed by atoms with Crippen molar-refractivity contribution in [1.82, 2.24) is 0 Å². The van der Waals surface area contributed by atoms with Gasteiger partial charge in [-0.25, -0.2) is 0 Å². The third-order valence-corrected chi connectivity index (χ3v) is 4.27. The first kappa shape index (κ1) is 9.47. The van der Waals surface area contributed by atoms with Crippen LogP contribution in [-0.4, -0.2) is 23.4 Å². The van der Waals surface area contributed by atoms with Crippen molar-refractivity contribution in [3.8, 4) is 0 Å². The lowest BCUT2D eigenvalue weighted by atomic mass is 9.77. The van der Waals surface area contributed by atoms with Crippen LogP contribution < -0.4 is 0 Å². The van der Waals surface area contributed by atoms with Gasteiger partial charge in [-0.05, 0) is 49.4 Å². The van der Waals surface area contributed by atoms with E-state index in [1.165, 1.54) is 25.7 Å². The molecular formula is C11H20O2. The van der Waals surface area contributed by atoms with Gasteiger partial charge in [0.15, 0.2) is 0 Å². The summed E-state index contributed by atoms with van der Waals surface area (Å²) in [6.45, 7) is 0.679. The van der Waals surface area contributed by atoms with Crippen LogP contribution in [0.5, 0.6) is 0 Å². The van der Waals surface area contributed by atoms with Gasteiger partial charge in [0.05, 0.1) is 0 Å². The summed E-state index contributed by atoms with van der Waals surface area (Å²) in [6.07, 6.45) is 7.29. The quantitative estimate of drug-likeness (QED) is 0.698. The first-order chi connectivity index (χ1) is 6.30. The Kier molecular flexibility index (Phi) is 2.61. The number of aliphatic hydroxyl groups excluding tert-OH is 2. The van der Waals surface area contributed by atoms with E-state index in [0.717, 1.165) is 18.8 Å². The average Bonchev–Trinajstić information content (AvgIpc) is 2.60. The van der Waals surface area contributed by atoms with E-state index in [1.807, 2.05) is 0 Å². The number of fused-ring (bicyclic) bond motifs is 1. The molecule has 0 saturated heterocycles. The molecule has 0 amide bonds. The zero-order valence-electron chi connectivity index (χ0n) is 8.21. The zero-order valence-corrected chi connectivity index (χ0v) is 8.21. The summed E-state index contributed by atoms with van der Waals surface area (Å²) in [5, 5.41) is 18.2. The first-order valence-electron chi connectivity index (χ1n) is 5.52. The number of aliphatic hydroxyl groups is 2. The van der Waals surface area contributed by atoms with Crippen LogP contribution in [0.1, 0.15) is 38.5 Å². The minimum Gasteiger partial charge on any atom is -0.396 e. The van der Waals surface area contributed by atoms with Crippen molar-refractivity contribution in [2.45, 2.75) is 38.5 Å². The maximum atomic E-state index is 9.14. The molecule has 2 saturated carbocycles. The molecule has 1 unspecified atom stereocenters. The second-order valence-electron chi connectivity index (χ2n) is 4.91. The molecule has 2 aliphatic carbocycles. The maximum Gasteiger partial charge on any atom is 0.0459 e. The highest BCUT2D eigenvalue weighted by atomic mass is 16.3. The van der Waals surface area contributed by atoms with Crippen LogP contribution in [0.3, 0.4) is 0 Å². The summed E-state index contributed by atoms with van der Waals surface area (Å²) < 4.78 is 0. The summed E-state index contributed by atoms with van der Waals surface area (Å²) in [6, 6.07) is 0. The normalized spacial score (nSPS) is 43.8. The van der Waals surface area contributed by atoms with Crippen LogP contribution in [0.4, 0.5) is 0 Å². The third kappa shape index (κ3) is 1.50. The largest absolute Gasteiger partial charge is 0.396 e. The van der Waals surface area contributed by atoms with Crippen molar-refractivity contribution in [2.75, 3.05) is 13.2 Å². The Balaban J connectivity index is 2.05. The Hall–Kier alpha value is -0.0800. The fourth-order valence-corrected chi connectivity index (χ4v) is 3.70. The van der Waals surface area contributed by atoms with Crippen molar-refractivity contribution in [3.63, 3.8) is 0 Å². The van der Waals surface area contributed by atoms with Gasteiger partial charge in [0, 0.05) is 13.2 Å². The third-order valence-electron chi connectivity index (χ3n) is 4.27. The lowest BCUT2D eigenvalue weighted by Crippen LogP contribution is -2.21. The number of hydrogen-bond donors (Lipinski definition) is 2. The van der Waals surface area contributed by atoms with Gasteiger partial charge in [0.1, 0.15) is 0 Å². The zero-order chi connectivity index (χ0) is 9.31. The van der Waals surface area contributed by atoms with E-state index < -0.39 is 0 Å². The highest BCUT2D eigenvalue weighted by Crippen LogP contribution is 2.57. The van der Waals surface area contributed by atoms with E-state index in [1.54, 1.807) is 0 Å². The minimum absolute atomic E-state index is 0.328. The molecule has 2 heteroatoms. The molecule has 2 aliphatic rings. The number of hydrogen-bond acceptors (Lipinski definition) is 2. The molecule has 0 bridgehead atoms. The van der Waals surface area contributed by atoms with E-state index in [9.17, 15) is 0 Å². The Morgan fingerprint density at radius 1 is 1.31 bits per heavy atom. The molecule has 0 aromatic carbocycles. The number of rotatable bonds is 3. The van der Waals surface area contributed by atoms with Gasteiger partial charge in [-0.1, -0.05) is 6.42 Å². The second-order valence-corrected chi connectivity index (χ2v) is 4.91. The predicted octanol–water partition coefficient (Wildman–Crippen LogP) is 1.56. The molecule has 0 aromatic rings. The Bertz CT molecular complexity index is 181. The first-order valence-corrected chi connectivity index (χ1v) is 5.52. The topological polar surface area (TPSA) is 40.5 Å². The van der Waals surface area contributed by atoms with Crippen molar-refractivity contribution >= 4 is 0 Å². The fourth-order valence-electron chi connectivity index (χ4n) is 3.70.